The summed E-state index contributed by atoms with van der Waals surface area (Å²) in [6.45, 7) is 2.91. The predicted octanol–water partition coefficient (Wildman–Crippen LogP) is 0.379. The summed E-state index contributed by atoms with van der Waals surface area (Å²) in [5, 5.41) is 0. The van der Waals surface area contributed by atoms with Crippen molar-refractivity contribution >= 4 is 5.91 Å². The van der Waals surface area contributed by atoms with E-state index in [9.17, 15) is 4.79 Å². The van der Waals surface area contributed by atoms with Crippen LogP contribution in [0.15, 0.2) is 11.6 Å². The number of ether oxygens (including phenoxy) is 1. The molecular formula is C7H11NO2. The van der Waals surface area contributed by atoms with Gasteiger partial charge >= 0.3 is 0 Å². The molecule has 10 heavy (non-hydrogen) atoms. The molecule has 3 heteroatoms. The third-order valence-electron chi connectivity index (χ3n) is 1.53. The van der Waals surface area contributed by atoms with Gasteiger partial charge in [0.05, 0.1) is 0 Å². The van der Waals surface area contributed by atoms with Crippen LogP contribution in [0.5, 0.6) is 0 Å². The summed E-state index contributed by atoms with van der Waals surface area (Å²) in [4.78, 5) is 12.7. The van der Waals surface area contributed by atoms with E-state index in [4.69, 9.17) is 4.74 Å². The van der Waals surface area contributed by atoms with Crippen LogP contribution in [0.1, 0.15) is 6.92 Å². The molecule has 0 spiro atoms. The molecule has 1 heterocycles. The van der Waals surface area contributed by atoms with E-state index in [0.717, 1.165) is 5.57 Å². The predicted molar refractivity (Wildman–Crippen MR) is 37.3 cm³/mol. The first kappa shape index (κ1) is 7.28. The Morgan fingerprint density at radius 1 is 1.80 bits per heavy atom. The van der Waals surface area contributed by atoms with Gasteiger partial charge in [-0.05, 0) is 6.92 Å². The molecule has 0 aromatic carbocycles. The quantitative estimate of drug-likeness (QED) is 0.556. The van der Waals surface area contributed by atoms with E-state index in [1.807, 2.05) is 13.0 Å². The first-order chi connectivity index (χ1) is 4.75. The molecule has 0 aliphatic carbocycles. The molecule has 0 saturated carbocycles. The first-order valence-electron chi connectivity index (χ1n) is 3.20. The lowest BCUT2D eigenvalue weighted by molar-refractivity contribution is -0.129. The van der Waals surface area contributed by atoms with Crippen LogP contribution in [-0.4, -0.2) is 31.2 Å². The van der Waals surface area contributed by atoms with Crippen molar-refractivity contribution in [2.45, 2.75) is 6.92 Å². The summed E-state index contributed by atoms with van der Waals surface area (Å²) >= 11 is 0. The van der Waals surface area contributed by atoms with Crippen molar-refractivity contribution in [3.8, 4) is 0 Å². The van der Waals surface area contributed by atoms with Crippen LogP contribution in [0.25, 0.3) is 0 Å². The summed E-state index contributed by atoms with van der Waals surface area (Å²) in [6.07, 6.45) is 1.90. The van der Waals surface area contributed by atoms with Crippen LogP contribution >= 0.6 is 0 Å². The number of nitrogens with zero attached hydrogens (tertiary/aromatic N) is 1. The Labute approximate surface area is 60.3 Å². The molecule has 0 saturated heterocycles. The van der Waals surface area contributed by atoms with E-state index in [1.165, 1.54) is 0 Å². The molecule has 0 radical (unpaired) electrons. The Balaban J connectivity index is 2.48. The number of hydrogen-bond acceptors (Lipinski definition) is 2. The van der Waals surface area contributed by atoms with Gasteiger partial charge in [0.2, 0.25) is 0 Å². The van der Waals surface area contributed by atoms with Gasteiger partial charge in [0.15, 0.2) is 0 Å². The number of carbonyl (C=O) groups is 1. The third kappa shape index (κ3) is 1.19. The Morgan fingerprint density at radius 2 is 2.50 bits per heavy atom. The molecule has 3 nitrogen and oxygen atoms in total. The van der Waals surface area contributed by atoms with Crippen molar-refractivity contribution in [3.63, 3.8) is 0 Å². The molecule has 1 aliphatic rings. The van der Waals surface area contributed by atoms with Crippen molar-refractivity contribution in [3.05, 3.63) is 11.6 Å². The van der Waals surface area contributed by atoms with Crippen LogP contribution in [0.3, 0.4) is 0 Å². The maximum Gasteiger partial charge on any atom is 0.251 e. The fraction of sp³-hybridized carbons (Fsp3) is 0.571. The molecule has 0 bridgehead atoms. The highest BCUT2D eigenvalue weighted by Gasteiger charge is 2.18. The minimum Gasteiger partial charge on any atom is -0.364 e. The third-order valence-corrected chi connectivity index (χ3v) is 1.53. The molecule has 0 aromatic rings. The van der Waals surface area contributed by atoms with Gasteiger partial charge in [0.25, 0.3) is 5.91 Å². The molecular weight excluding hydrogens is 130 g/mol. The SMILES string of the molecule is COCN1CC=C(C)C1=O. The first-order valence-corrected chi connectivity index (χ1v) is 3.20. The molecule has 0 N–H and O–H groups in total. The molecule has 56 valence electrons. The Bertz CT molecular complexity index is 174. The van der Waals surface area contributed by atoms with Crippen molar-refractivity contribution < 1.29 is 9.53 Å². The van der Waals surface area contributed by atoms with E-state index >= 15 is 0 Å². The molecule has 0 unspecified atom stereocenters. The lowest BCUT2D eigenvalue weighted by Gasteiger charge is -2.13. The largest absolute Gasteiger partial charge is 0.364 e. The zero-order chi connectivity index (χ0) is 7.56. The Morgan fingerprint density at radius 3 is 2.90 bits per heavy atom. The highest BCUT2D eigenvalue weighted by molar-refractivity contribution is 5.95. The Kier molecular flexibility index (Phi) is 2.06. The van der Waals surface area contributed by atoms with Gasteiger partial charge < -0.3 is 9.64 Å². The van der Waals surface area contributed by atoms with Crippen molar-refractivity contribution in [1.29, 1.82) is 0 Å². The summed E-state index contributed by atoms with van der Waals surface area (Å²) in [5.41, 5.74) is 0.817. The molecule has 1 aliphatic heterocycles. The number of amides is 1. The highest BCUT2D eigenvalue weighted by atomic mass is 16.5. The van der Waals surface area contributed by atoms with Crippen LogP contribution in [0.2, 0.25) is 0 Å². The number of carbonyl (C=O) groups excluding carboxylic acids is 1. The lowest BCUT2D eigenvalue weighted by atomic mass is 10.3. The molecule has 1 rings (SSSR count). The zero-order valence-corrected chi connectivity index (χ0v) is 6.26. The number of methoxy groups -OCH3 is 1. The van der Waals surface area contributed by atoms with Crippen LogP contribution in [-0.2, 0) is 9.53 Å². The maximum atomic E-state index is 11.1. The van der Waals surface area contributed by atoms with E-state index in [1.54, 1.807) is 12.0 Å². The molecule has 0 atom stereocenters. The van der Waals surface area contributed by atoms with Gasteiger partial charge in [0.1, 0.15) is 6.73 Å². The Hall–Kier alpha value is -0.830. The minimum absolute atomic E-state index is 0.0850. The summed E-state index contributed by atoms with van der Waals surface area (Å²) in [5.74, 6) is 0.0850. The maximum absolute atomic E-state index is 11.1. The summed E-state index contributed by atoms with van der Waals surface area (Å²) in [6, 6.07) is 0. The van der Waals surface area contributed by atoms with E-state index in [-0.39, 0.29) is 5.91 Å². The van der Waals surface area contributed by atoms with Crippen LogP contribution in [0.4, 0.5) is 0 Å². The molecule has 0 aromatic heterocycles. The summed E-state index contributed by atoms with van der Waals surface area (Å²) in [7, 11) is 1.58. The second-order valence-corrected chi connectivity index (χ2v) is 2.33. The fourth-order valence-electron chi connectivity index (χ4n) is 0.934. The average Bonchev–Trinajstić information content (AvgIpc) is 2.20. The smallest absolute Gasteiger partial charge is 0.251 e. The van der Waals surface area contributed by atoms with Crippen molar-refractivity contribution in [2.75, 3.05) is 20.4 Å². The number of rotatable bonds is 2. The molecule has 1 amide bonds. The zero-order valence-electron chi connectivity index (χ0n) is 6.26. The summed E-state index contributed by atoms with van der Waals surface area (Å²) < 4.78 is 4.82. The van der Waals surface area contributed by atoms with Crippen molar-refractivity contribution in [1.82, 2.24) is 4.90 Å². The van der Waals surface area contributed by atoms with Gasteiger partial charge in [-0.1, -0.05) is 6.08 Å². The van der Waals surface area contributed by atoms with E-state index in [0.29, 0.717) is 13.3 Å². The van der Waals surface area contributed by atoms with E-state index in [2.05, 4.69) is 0 Å². The van der Waals surface area contributed by atoms with Gasteiger partial charge in [0, 0.05) is 19.2 Å². The van der Waals surface area contributed by atoms with Gasteiger partial charge in [-0.15, -0.1) is 0 Å². The standard InChI is InChI=1S/C7H11NO2/c1-6-3-4-8(5-10-2)7(6)9/h3H,4-5H2,1-2H3. The molecule has 0 fully saturated rings. The lowest BCUT2D eigenvalue weighted by Crippen LogP contribution is -2.28. The highest BCUT2D eigenvalue weighted by Crippen LogP contribution is 2.08. The van der Waals surface area contributed by atoms with Crippen LogP contribution in [0, 0.1) is 0 Å². The topological polar surface area (TPSA) is 29.5 Å². The van der Waals surface area contributed by atoms with Gasteiger partial charge in [-0.3, -0.25) is 4.79 Å². The minimum atomic E-state index is 0.0850. The second-order valence-electron chi connectivity index (χ2n) is 2.33. The van der Waals surface area contributed by atoms with Crippen LogP contribution < -0.4 is 0 Å². The van der Waals surface area contributed by atoms with Gasteiger partial charge in [-0.25, -0.2) is 0 Å². The van der Waals surface area contributed by atoms with E-state index < -0.39 is 0 Å². The van der Waals surface area contributed by atoms with Gasteiger partial charge in [-0.2, -0.15) is 0 Å². The monoisotopic (exact) mass is 141 g/mol. The second kappa shape index (κ2) is 2.84. The fourth-order valence-corrected chi connectivity index (χ4v) is 0.934. The number of hydrogen-bond donors (Lipinski definition) is 0. The van der Waals surface area contributed by atoms with Crippen molar-refractivity contribution in [2.24, 2.45) is 0 Å². The normalized spacial score (nSPS) is 18.0. The average molecular weight is 141 g/mol.